The van der Waals surface area contributed by atoms with Crippen LogP contribution in [0.2, 0.25) is 0 Å². The number of rotatable bonds is 3. The van der Waals surface area contributed by atoms with Crippen molar-refractivity contribution in [2.45, 2.75) is 12.8 Å². The van der Waals surface area contributed by atoms with Crippen LogP contribution < -0.4 is 4.90 Å². The minimum absolute atomic E-state index is 0.0140. The van der Waals surface area contributed by atoms with Gasteiger partial charge in [0.1, 0.15) is 5.82 Å². The number of anilines is 1. The molecule has 0 aliphatic carbocycles. The minimum Gasteiger partial charge on any atom is -0.308 e. The van der Waals surface area contributed by atoms with E-state index in [9.17, 15) is 9.18 Å². The number of carbonyl (C=O) groups excluding carboxylic acids is 1. The van der Waals surface area contributed by atoms with Gasteiger partial charge in [-0.15, -0.1) is 0 Å². The smallest absolute Gasteiger partial charge is 0.258 e. The fourth-order valence-electron chi connectivity index (χ4n) is 3.30. The van der Waals surface area contributed by atoms with Crippen molar-refractivity contribution in [3.63, 3.8) is 0 Å². The molecule has 2 aromatic carbocycles. The van der Waals surface area contributed by atoms with Crippen LogP contribution in [0.15, 0.2) is 65.4 Å². The van der Waals surface area contributed by atoms with Crippen molar-refractivity contribution in [3.05, 3.63) is 87.9 Å². The first-order valence-electron chi connectivity index (χ1n) is 8.62. The third kappa shape index (κ3) is 3.33. The molecule has 0 fully saturated rings. The molecule has 4 heteroatoms. The Balaban J connectivity index is 1.76. The summed E-state index contributed by atoms with van der Waals surface area (Å²) in [5, 5.41) is 3.94. The molecule has 1 aromatic heterocycles. The third-order valence-electron chi connectivity index (χ3n) is 4.60. The van der Waals surface area contributed by atoms with Crippen molar-refractivity contribution >= 4 is 34.6 Å². The molecule has 130 valence electrons. The Morgan fingerprint density at radius 2 is 1.88 bits per heavy atom. The van der Waals surface area contributed by atoms with Crippen molar-refractivity contribution in [2.24, 2.45) is 0 Å². The number of hydrogen-bond acceptors (Lipinski definition) is 2. The van der Waals surface area contributed by atoms with E-state index in [-0.39, 0.29) is 11.7 Å². The number of halogens is 1. The summed E-state index contributed by atoms with van der Waals surface area (Å²) in [6.45, 7) is 0.709. The molecule has 0 saturated heterocycles. The van der Waals surface area contributed by atoms with Crippen LogP contribution in [0, 0.1) is 5.82 Å². The molecule has 4 rings (SSSR count). The molecule has 0 spiro atoms. The van der Waals surface area contributed by atoms with Crippen LogP contribution in [0.4, 0.5) is 10.1 Å². The summed E-state index contributed by atoms with van der Waals surface area (Å²) in [6, 6.07) is 16.2. The Labute approximate surface area is 156 Å². The van der Waals surface area contributed by atoms with Crippen LogP contribution in [0.1, 0.15) is 23.1 Å². The van der Waals surface area contributed by atoms with Crippen LogP contribution >= 0.6 is 11.3 Å². The van der Waals surface area contributed by atoms with E-state index in [0.717, 1.165) is 29.7 Å². The van der Waals surface area contributed by atoms with Gasteiger partial charge in [-0.25, -0.2) is 4.39 Å². The largest absolute Gasteiger partial charge is 0.308 e. The van der Waals surface area contributed by atoms with Gasteiger partial charge >= 0.3 is 0 Å². The summed E-state index contributed by atoms with van der Waals surface area (Å²) < 4.78 is 13.2. The van der Waals surface area contributed by atoms with Crippen LogP contribution in [0.5, 0.6) is 0 Å². The van der Waals surface area contributed by atoms with E-state index in [2.05, 4.69) is 6.07 Å². The fourth-order valence-corrected chi connectivity index (χ4v) is 3.96. The summed E-state index contributed by atoms with van der Waals surface area (Å²) in [4.78, 5) is 15.3. The minimum atomic E-state index is -0.282. The number of carbonyl (C=O) groups is 1. The number of fused-ring (bicyclic) bond motifs is 1. The second kappa shape index (κ2) is 7.26. The van der Waals surface area contributed by atoms with Gasteiger partial charge in [-0.3, -0.25) is 4.79 Å². The van der Waals surface area contributed by atoms with E-state index >= 15 is 0 Å². The number of hydrogen-bond donors (Lipinski definition) is 0. The van der Waals surface area contributed by atoms with E-state index < -0.39 is 0 Å². The number of nitrogens with zero attached hydrogens (tertiary/aromatic N) is 1. The Hall–Kier alpha value is -2.72. The lowest BCUT2D eigenvalue weighted by molar-refractivity contribution is -0.113. The number of thiophene rings is 1. The molecule has 26 heavy (non-hydrogen) atoms. The summed E-state index contributed by atoms with van der Waals surface area (Å²) in [7, 11) is 0. The number of para-hydroxylation sites is 1. The molecule has 0 N–H and O–H groups in total. The van der Waals surface area contributed by atoms with E-state index in [1.54, 1.807) is 23.5 Å². The summed E-state index contributed by atoms with van der Waals surface area (Å²) in [5.74, 6) is -0.296. The fraction of sp³-hybridized carbons (Fsp3) is 0.136. The molecule has 0 radical (unpaired) electrons. The van der Waals surface area contributed by atoms with Gasteiger partial charge in [0.25, 0.3) is 5.91 Å². The Morgan fingerprint density at radius 1 is 1.08 bits per heavy atom. The van der Waals surface area contributed by atoms with E-state index in [0.29, 0.717) is 12.1 Å². The quantitative estimate of drug-likeness (QED) is 0.570. The zero-order valence-electron chi connectivity index (χ0n) is 14.2. The second-order valence-electron chi connectivity index (χ2n) is 6.31. The summed E-state index contributed by atoms with van der Waals surface area (Å²) in [5.41, 5.74) is 4.54. The van der Waals surface area contributed by atoms with Gasteiger partial charge in [0.05, 0.1) is 0 Å². The topological polar surface area (TPSA) is 20.3 Å². The van der Waals surface area contributed by atoms with Crippen molar-refractivity contribution < 1.29 is 9.18 Å². The van der Waals surface area contributed by atoms with Crippen LogP contribution in [-0.4, -0.2) is 12.5 Å². The van der Waals surface area contributed by atoms with Gasteiger partial charge in [-0.1, -0.05) is 30.3 Å². The van der Waals surface area contributed by atoms with Gasteiger partial charge in [0.15, 0.2) is 0 Å². The van der Waals surface area contributed by atoms with Gasteiger partial charge in [0, 0.05) is 17.8 Å². The molecule has 0 atom stereocenters. The standard InChI is InChI=1S/C22H18FNOS/c23-19-9-7-16(8-10-19)14-20(18-11-13-26-15-18)22(25)24-12-3-5-17-4-1-2-6-21(17)24/h1-2,4,6-11,13-15H,3,5,12H2. The van der Waals surface area contributed by atoms with Crippen molar-refractivity contribution in [1.82, 2.24) is 0 Å². The molecule has 3 aromatic rings. The van der Waals surface area contributed by atoms with Crippen molar-refractivity contribution in [3.8, 4) is 0 Å². The van der Waals surface area contributed by atoms with Crippen molar-refractivity contribution in [2.75, 3.05) is 11.4 Å². The molecule has 0 saturated carbocycles. The monoisotopic (exact) mass is 363 g/mol. The number of amides is 1. The zero-order valence-corrected chi connectivity index (χ0v) is 15.0. The van der Waals surface area contributed by atoms with Crippen LogP contribution in [0.25, 0.3) is 11.6 Å². The SMILES string of the molecule is O=C(C(=Cc1ccc(F)cc1)c1ccsc1)N1CCCc2ccccc21. The molecule has 1 aliphatic heterocycles. The highest BCUT2D eigenvalue weighted by atomic mass is 32.1. The first kappa shape index (κ1) is 16.7. The molecule has 2 nitrogen and oxygen atoms in total. The first-order chi connectivity index (χ1) is 12.7. The molecule has 1 aliphatic rings. The van der Waals surface area contributed by atoms with Gasteiger partial charge in [-0.2, -0.15) is 11.3 Å². The molecular weight excluding hydrogens is 345 g/mol. The Bertz CT molecular complexity index is 945. The maximum atomic E-state index is 13.4. The molecule has 1 amide bonds. The summed E-state index contributed by atoms with van der Waals surface area (Å²) in [6.07, 6.45) is 3.80. The molecule has 2 heterocycles. The maximum absolute atomic E-state index is 13.4. The molecular formula is C22H18FNOS. The average molecular weight is 363 g/mol. The first-order valence-corrected chi connectivity index (χ1v) is 9.56. The van der Waals surface area contributed by atoms with E-state index in [4.69, 9.17) is 0 Å². The highest BCUT2D eigenvalue weighted by Crippen LogP contribution is 2.31. The summed E-state index contributed by atoms with van der Waals surface area (Å²) >= 11 is 1.56. The Kier molecular flexibility index (Phi) is 4.67. The predicted molar refractivity (Wildman–Crippen MR) is 106 cm³/mol. The van der Waals surface area contributed by atoms with Crippen LogP contribution in [0.3, 0.4) is 0 Å². The van der Waals surface area contributed by atoms with Gasteiger partial charge in [0.2, 0.25) is 0 Å². The molecule has 0 bridgehead atoms. The normalized spacial score (nSPS) is 14.2. The number of aryl methyl sites for hydroxylation is 1. The average Bonchev–Trinajstić information content (AvgIpc) is 3.21. The van der Waals surface area contributed by atoms with E-state index in [1.807, 2.05) is 46.0 Å². The lowest BCUT2D eigenvalue weighted by Gasteiger charge is -2.30. The highest BCUT2D eigenvalue weighted by Gasteiger charge is 2.25. The predicted octanol–water partition coefficient (Wildman–Crippen LogP) is 5.41. The van der Waals surface area contributed by atoms with Gasteiger partial charge < -0.3 is 4.90 Å². The van der Waals surface area contributed by atoms with Crippen LogP contribution in [-0.2, 0) is 11.2 Å². The van der Waals surface area contributed by atoms with E-state index in [1.165, 1.54) is 17.7 Å². The second-order valence-corrected chi connectivity index (χ2v) is 7.09. The third-order valence-corrected chi connectivity index (χ3v) is 5.28. The maximum Gasteiger partial charge on any atom is 0.258 e. The molecule has 0 unspecified atom stereocenters. The van der Waals surface area contributed by atoms with Gasteiger partial charge in [-0.05, 0) is 70.6 Å². The van der Waals surface area contributed by atoms with Crippen molar-refractivity contribution in [1.29, 1.82) is 0 Å². The highest BCUT2D eigenvalue weighted by molar-refractivity contribution is 7.08. The lowest BCUT2D eigenvalue weighted by atomic mass is 9.98. The number of benzene rings is 2. The Morgan fingerprint density at radius 3 is 2.65 bits per heavy atom. The zero-order chi connectivity index (χ0) is 17.9. The lowest BCUT2D eigenvalue weighted by Crippen LogP contribution is -2.35.